The summed E-state index contributed by atoms with van der Waals surface area (Å²) in [5.41, 5.74) is 0. The lowest BCUT2D eigenvalue weighted by Crippen LogP contribution is -2.41. The first kappa shape index (κ1) is 13.1. The third kappa shape index (κ3) is 3.55. The number of nitrogens with one attached hydrogen (secondary N) is 1. The van der Waals surface area contributed by atoms with Crippen LogP contribution >= 0.6 is 0 Å². The second-order valence-electron chi connectivity index (χ2n) is 5.79. The Hall–Kier alpha value is -0.350. The Morgan fingerprint density at radius 3 is 2.29 bits per heavy atom. The van der Waals surface area contributed by atoms with Crippen molar-refractivity contribution in [3.63, 3.8) is 0 Å². The van der Waals surface area contributed by atoms with E-state index in [1.165, 1.54) is 31.1 Å². The maximum Gasteiger partial charge on any atom is 0.173 e. The van der Waals surface area contributed by atoms with E-state index in [9.17, 15) is 8.42 Å². The summed E-state index contributed by atoms with van der Waals surface area (Å²) in [7, 11) is -2.91. The van der Waals surface area contributed by atoms with Crippen molar-refractivity contribution in [2.24, 2.45) is 11.8 Å². The summed E-state index contributed by atoms with van der Waals surface area (Å²) >= 11 is 0. The third-order valence-corrected chi connectivity index (χ3v) is 5.49. The molecule has 98 valence electrons. The van der Waals surface area contributed by atoms with Crippen LogP contribution in [0.15, 0.2) is 11.5 Å². The summed E-state index contributed by atoms with van der Waals surface area (Å²) < 4.78 is 22.6. The molecule has 0 aromatic heterocycles. The molecular weight excluding hydrogens is 234 g/mol. The molecule has 0 saturated heterocycles. The second-order valence-corrected chi connectivity index (χ2v) is 7.72. The standard InChI is InChI=1S/C13H23NO2S/c1-10(2)11-3-5-12(6-4-11)14-13-7-8-17(15,16)9-13/h7-8,10-14H,3-6,9H2,1-2H3. The molecule has 0 aromatic carbocycles. The summed E-state index contributed by atoms with van der Waals surface area (Å²) in [6.45, 7) is 4.59. The molecule has 1 fully saturated rings. The van der Waals surface area contributed by atoms with Gasteiger partial charge in [-0.2, -0.15) is 0 Å². The number of hydrogen-bond donors (Lipinski definition) is 1. The average molecular weight is 257 g/mol. The van der Waals surface area contributed by atoms with Crippen LogP contribution in [0.2, 0.25) is 0 Å². The van der Waals surface area contributed by atoms with Crippen molar-refractivity contribution < 1.29 is 8.42 Å². The topological polar surface area (TPSA) is 46.2 Å². The first-order valence-corrected chi connectivity index (χ1v) is 8.35. The van der Waals surface area contributed by atoms with Gasteiger partial charge in [0, 0.05) is 17.5 Å². The highest BCUT2D eigenvalue weighted by Crippen LogP contribution is 2.30. The lowest BCUT2D eigenvalue weighted by Gasteiger charge is -2.32. The predicted molar refractivity (Wildman–Crippen MR) is 70.4 cm³/mol. The number of rotatable bonds is 3. The molecule has 1 heterocycles. The van der Waals surface area contributed by atoms with E-state index in [1.54, 1.807) is 6.08 Å². The Kier molecular flexibility index (Phi) is 3.93. The Labute approximate surface area is 105 Å². The maximum absolute atomic E-state index is 11.3. The van der Waals surface area contributed by atoms with Crippen molar-refractivity contribution in [2.75, 3.05) is 5.75 Å². The van der Waals surface area contributed by atoms with E-state index in [-0.39, 0.29) is 11.8 Å². The highest BCUT2D eigenvalue weighted by molar-refractivity contribution is 7.94. The predicted octanol–water partition coefficient (Wildman–Crippen LogP) is 2.10. The van der Waals surface area contributed by atoms with Crippen LogP contribution in [0.3, 0.4) is 0 Å². The first-order valence-electron chi connectivity index (χ1n) is 6.63. The van der Waals surface area contributed by atoms with E-state index in [0.717, 1.165) is 11.8 Å². The lowest BCUT2D eigenvalue weighted by atomic mass is 9.79. The molecule has 1 aliphatic heterocycles. The Bertz CT molecular complexity index is 378. The molecule has 17 heavy (non-hydrogen) atoms. The van der Waals surface area contributed by atoms with Crippen LogP contribution in [0.4, 0.5) is 0 Å². The Morgan fingerprint density at radius 2 is 1.82 bits per heavy atom. The molecule has 2 rings (SSSR count). The average Bonchev–Trinajstić information content (AvgIpc) is 2.59. The zero-order valence-electron chi connectivity index (χ0n) is 10.7. The summed E-state index contributed by atoms with van der Waals surface area (Å²) in [6, 6.07) is 0.550. The molecule has 4 heteroatoms. The van der Waals surface area contributed by atoms with Gasteiger partial charge in [0.15, 0.2) is 9.84 Å². The van der Waals surface area contributed by atoms with Gasteiger partial charge in [-0.1, -0.05) is 19.9 Å². The third-order valence-electron chi connectivity index (χ3n) is 4.09. The number of sulfone groups is 1. The lowest BCUT2D eigenvalue weighted by molar-refractivity contribution is 0.235. The Balaban J connectivity index is 1.78. The van der Waals surface area contributed by atoms with Crippen LogP contribution in [0, 0.1) is 11.8 Å². The fourth-order valence-corrected chi connectivity index (χ4v) is 4.18. The minimum Gasteiger partial charge on any atom is -0.307 e. The van der Waals surface area contributed by atoms with Crippen molar-refractivity contribution >= 4 is 9.84 Å². The molecule has 2 aliphatic rings. The van der Waals surface area contributed by atoms with E-state index in [1.807, 2.05) is 0 Å². The van der Waals surface area contributed by atoms with Gasteiger partial charge < -0.3 is 5.32 Å². The summed E-state index contributed by atoms with van der Waals surface area (Å²) in [4.78, 5) is 0. The van der Waals surface area contributed by atoms with E-state index in [4.69, 9.17) is 0 Å². The minimum absolute atomic E-state index is 0.0422. The first-order chi connectivity index (χ1) is 7.96. The molecule has 1 unspecified atom stereocenters. The molecular formula is C13H23NO2S. The van der Waals surface area contributed by atoms with Gasteiger partial charge in [0.2, 0.25) is 0 Å². The van der Waals surface area contributed by atoms with Gasteiger partial charge in [-0.05, 0) is 37.5 Å². The maximum atomic E-state index is 11.3. The van der Waals surface area contributed by atoms with Gasteiger partial charge in [0.05, 0.1) is 5.75 Å². The fraction of sp³-hybridized carbons (Fsp3) is 0.846. The molecule has 3 nitrogen and oxygen atoms in total. The summed E-state index contributed by atoms with van der Waals surface area (Å²) in [5, 5.41) is 4.82. The van der Waals surface area contributed by atoms with Crippen LogP contribution in [0.1, 0.15) is 39.5 Å². The van der Waals surface area contributed by atoms with E-state index >= 15 is 0 Å². The zero-order chi connectivity index (χ0) is 12.5. The summed E-state index contributed by atoms with van der Waals surface area (Å²) in [6.07, 6.45) is 6.72. The molecule has 0 radical (unpaired) electrons. The van der Waals surface area contributed by atoms with E-state index in [2.05, 4.69) is 19.2 Å². The molecule has 1 saturated carbocycles. The largest absolute Gasteiger partial charge is 0.307 e. The fourth-order valence-electron chi connectivity index (χ4n) is 2.93. The second kappa shape index (κ2) is 5.11. The van der Waals surface area contributed by atoms with Crippen molar-refractivity contribution in [3.8, 4) is 0 Å². The molecule has 1 atom stereocenters. The monoisotopic (exact) mass is 257 g/mol. The number of hydrogen-bond acceptors (Lipinski definition) is 3. The van der Waals surface area contributed by atoms with E-state index in [0.29, 0.717) is 6.04 Å². The van der Waals surface area contributed by atoms with Crippen LogP contribution in [-0.2, 0) is 9.84 Å². The van der Waals surface area contributed by atoms with Crippen molar-refractivity contribution in [1.29, 1.82) is 0 Å². The summed E-state index contributed by atoms with van der Waals surface area (Å²) in [5.74, 6) is 1.88. The molecule has 0 aromatic rings. The van der Waals surface area contributed by atoms with Crippen molar-refractivity contribution in [1.82, 2.24) is 5.32 Å². The highest BCUT2D eigenvalue weighted by Gasteiger charge is 2.27. The van der Waals surface area contributed by atoms with Gasteiger partial charge >= 0.3 is 0 Å². The van der Waals surface area contributed by atoms with Gasteiger partial charge in [-0.15, -0.1) is 0 Å². The van der Waals surface area contributed by atoms with Gasteiger partial charge in [0.1, 0.15) is 0 Å². The zero-order valence-corrected chi connectivity index (χ0v) is 11.5. The van der Waals surface area contributed by atoms with Crippen LogP contribution in [0.25, 0.3) is 0 Å². The van der Waals surface area contributed by atoms with Crippen LogP contribution in [0.5, 0.6) is 0 Å². The van der Waals surface area contributed by atoms with E-state index < -0.39 is 9.84 Å². The Morgan fingerprint density at radius 1 is 1.18 bits per heavy atom. The molecule has 0 spiro atoms. The SMILES string of the molecule is CC(C)C1CCC(NC2C=CS(=O)(=O)C2)CC1. The van der Waals surface area contributed by atoms with Crippen LogP contribution < -0.4 is 5.32 Å². The quantitative estimate of drug-likeness (QED) is 0.842. The van der Waals surface area contributed by atoms with Crippen LogP contribution in [-0.4, -0.2) is 26.3 Å². The van der Waals surface area contributed by atoms with Gasteiger partial charge in [-0.25, -0.2) is 8.42 Å². The minimum atomic E-state index is -2.91. The van der Waals surface area contributed by atoms with Gasteiger partial charge in [0.25, 0.3) is 0 Å². The van der Waals surface area contributed by atoms with Crippen molar-refractivity contribution in [2.45, 2.75) is 51.6 Å². The normalized spacial score (nSPS) is 36.5. The molecule has 1 N–H and O–H groups in total. The molecule has 1 aliphatic carbocycles. The smallest absolute Gasteiger partial charge is 0.173 e. The molecule has 0 amide bonds. The molecule has 0 bridgehead atoms. The van der Waals surface area contributed by atoms with Crippen molar-refractivity contribution in [3.05, 3.63) is 11.5 Å². The van der Waals surface area contributed by atoms with Gasteiger partial charge in [-0.3, -0.25) is 0 Å². The highest BCUT2D eigenvalue weighted by atomic mass is 32.2.